The van der Waals surface area contributed by atoms with Crippen molar-refractivity contribution in [1.29, 1.82) is 0 Å². The first kappa shape index (κ1) is 20.2. The Balaban J connectivity index is 0.00000225. The highest BCUT2D eigenvalue weighted by Gasteiger charge is 2.27. The zero-order chi connectivity index (χ0) is 18.6. The van der Waals surface area contributed by atoms with Crippen LogP contribution in [-0.4, -0.2) is 17.4 Å². The fourth-order valence-electron chi connectivity index (χ4n) is 3.42. The van der Waals surface area contributed by atoms with E-state index in [0.717, 1.165) is 37.3 Å². The second-order valence-electron chi connectivity index (χ2n) is 6.63. The lowest BCUT2D eigenvalue weighted by Crippen LogP contribution is -2.33. The number of carbonyl (C=O) groups excluding carboxylic acids is 1. The lowest BCUT2D eigenvalue weighted by molar-refractivity contribution is 0.0962. The van der Waals surface area contributed by atoms with Crippen LogP contribution in [0, 0.1) is 0 Å². The summed E-state index contributed by atoms with van der Waals surface area (Å²) < 4.78 is 0. The summed E-state index contributed by atoms with van der Waals surface area (Å²) in [7, 11) is 0. The molecule has 0 unspecified atom stereocenters. The summed E-state index contributed by atoms with van der Waals surface area (Å²) in [6.45, 7) is 2.66. The molecule has 0 saturated carbocycles. The van der Waals surface area contributed by atoms with Gasteiger partial charge in [-0.1, -0.05) is 48.5 Å². The molecular weight excluding hydrogens is 392 g/mol. The average molecular weight is 415 g/mol. The van der Waals surface area contributed by atoms with Crippen molar-refractivity contribution in [2.75, 3.05) is 17.7 Å². The van der Waals surface area contributed by atoms with Gasteiger partial charge >= 0.3 is 0 Å². The molecule has 0 bridgehead atoms. The molecule has 0 fully saturated rings. The van der Waals surface area contributed by atoms with Gasteiger partial charge in [0.1, 0.15) is 0 Å². The van der Waals surface area contributed by atoms with Gasteiger partial charge in [0.25, 0.3) is 5.91 Å². The Morgan fingerprint density at radius 1 is 1.07 bits per heavy atom. The monoisotopic (exact) mass is 414 g/mol. The first-order chi connectivity index (χ1) is 13.2. The van der Waals surface area contributed by atoms with E-state index in [-0.39, 0.29) is 18.3 Å². The maximum Gasteiger partial charge on any atom is 0.272 e. The van der Waals surface area contributed by atoms with Gasteiger partial charge in [-0.15, -0.1) is 23.7 Å². The highest BCUT2D eigenvalue weighted by atomic mass is 35.5. The van der Waals surface area contributed by atoms with Crippen molar-refractivity contribution in [2.24, 2.45) is 0 Å². The van der Waals surface area contributed by atoms with Crippen LogP contribution in [0.15, 0.2) is 60.7 Å². The number of hydrazine groups is 1. The number of nitrogen functional groups attached to an aromatic ring is 1. The summed E-state index contributed by atoms with van der Waals surface area (Å²) in [5.74, 6) is -0.176. The minimum atomic E-state index is -0.176. The Morgan fingerprint density at radius 2 is 1.75 bits per heavy atom. The van der Waals surface area contributed by atoms with Crippen LogP contribution in [0.25, 0.3) is 0 Å². The smallest absolute Gasteiger partial charge is 0.272 e. The average Bonchev–Trinajstić information content (AvgIpc) is 3.03. The third kappa shape index (κ3) is 4.47. The summed E-state index contributed by atoms with van der Waals surface area (Å²) >= 11 is 1.53. The van der Waals surface area contributed by atoms with E-state index in [1.807, 2.05) is 36.4 Å². The largest absolute Gasteiger partial charge is 0.390 e. The predicted molar refractivity (Wildman–Crippen MR) is 118 cm³/mol. The van der Waals surface area contributed by atoms with Crippen molar-refractivity contribution in [2.45, 2.75) is 19.5 Å². The normalized spacial score (nSPS) is 13.3. The molecule has 0 saturated heterocycles. The number of nitrogens with one attached hydrogen (secondary N) is 2. The molecule has 28 heavy (non-hydrogen) atoms. The standard InChI is InChI=1S/C21H22N4OS.ClH/c22-20-19(21(26)24-23-16-9-5-2-6-10-16)17-11-12-25(14-18(17)27-20)13-15-7-3-1-4-8-15;/h1-10,23H,11-14,22H2,(H,24,26);1H. The summed E-state index contributed by atoms with van der Waals surface area (Å²) in [5, 5.41) is 0.592. The van der Waals surface area contributed by atoms with Gasteiger partial charge in [-0.3, -0.25) is 20.5 Å². The maximum absolute atomic E-state index is 12.7. The molecule has 0 radical (unpaired) electrons. The quantitative estimate of drug-likeness (QED) is 0.550. The molecule has 1 aromatic heterocycles. The van der Waals surface area contributed by atoms with Crippen LogP contribution in [0.5, 0.6) is 0 Å². The van der Waals surface area contributed by atoms with Gasteiger partial charge < -0.3 is 5.73 Å². The fourth-order valence-corrected chi connectivity index (χ4v) is 4.57. The molecule has 3 aromatic rings. The number of hydrogen-bond donors (Lipinski definition) is 3. The summed E-state index contributed by atoms with van der Waals surface area (Å²) in [5.41, 5.74) is 15.8. The number of halogens is 1. The van der Waals surface area contributed by atoms with Crippen LogP contribution in [0.4, 0.5) is 10.7 Å². The Labute approximate surface area is 174 Å². The molecule has 4 rings (SSSR count). The zero-order valence-corrected chi connectivity index (χ0v) is 17.0. The number of para-hydroxylation sites is 1. The summed E-state index contributed by atoms with van der Waals surface area (Å²) in [4.78, 5) is 16.3. The van der Waals surface area contributed by atoms with E-state index in [1.54, 1.807) is 0 Å². The minimum Gasteiger partial charge on any atom is -0.390 e. The van der Waals surface area contributed by atoms with Gasteiger partial charge in [0.2, 0.25) is 0 Å². The molecule has 0 spiro atoms. The Kier molecular flexibility index (Phi) is 6.57. The molecule has 5 nitrogen and oxygen atoms in total. The minimum absolute atomic E-state index is 0. The van der Waals surface area contributed by atoms with E-state index in [1.165, 1.54) is 21.8 Å². The van der Waals surface area contributed by atoms with Crippen LogP contribution in [-0.2, 0) is 19.5 Å². The van der Waals surface area contributed by atoms with Crippen molar-refractivity contribution < 1.29 is 4.79 Å². The molecule has 1 amide bonds. The molecule has 1 aliphatic heterocycles. The maximum atomic E-state index is 12.7. The van der Waals surface area contributed by atoms with Crippen LogP contribution in [0.2, 0.25) is 0 Å². The Hall–Kier alpha value is -2.54. The van der Waals surface area contributed by atoms with Crippen LogP contribution in [0.1, 0.15) is 26.4 Å². The zero-order valence-electron chi connectivity index (χ0n) is 15.4. The van der Waals surface area contributed by atoms with Gasteiger partial charge in [0.05, 0.1) is 16.3 Å². The Morgan fingerprint density at radius 3 is 2.46 bits per heavy atom. The second-order valence-corrected chi connectivity index (χ2v) is 7.77. The third-order valence-corrected chi connectivity index (χ3v) is 5.78. The number of rotatable bonds is 5. The first-order valence-corrected chi connectivity index (χ1v) is 9.80. The number of fused-ring (bicyclic) bond motifs is 1. The van der Waals surface area contributed by atoms with Crippen molar-refractivity contribution in [3.63, 3.8) is 0 Å². The number of hydrogen-bond acceptors (Lipinski definition) is 5. The predicted octanol–water partition coefficient (Wildman–Crippen LogP) is 4.07. The van der Waals surface area contributed by atoms with E-state index < -0.39 is 0 Å². The van der Waals surface area contributed by atoms with Crippen molar-refractivity contribution in [1.82, 2.24) is 10.3 Å². The highest BCUT2D eigenvalue weighted by molar-refractivity contribution is 7.16. The van der Waals surface area contributed by atoms with Crippen molar-refractivity contribution in [3.05, 3.63) is 82.2 Å². The van der Waals surface area contributed by atoms with Crippen LogP contribution >= 0.6 is 23.7 Å². The van der Waals surface area contributed by atoms with Gasteiger partial charge in [-0.05, 0) is 29.7 Å². The van der Waals surface area contributed by atoms with E-state index >= 15 is 0 Å². The number of nitrogens with two attached hydrogens (primary N) is 1. The van der Waals surface area contributed by atoms with Gasteiger partial charge in [0, 0.05) is 24.5 Å². The van der Waals surface area contributed by atoms with E-state index in [9.17, 15) is 4.79 Å². The van der Waals surface area contributed by atoms with E-state index in [2.05, 4.69) is 40.0 Å². The molecular formula is C21H23ClN4OS. The number of benzene rings is 2. The van der Waals surface area contributed by atoms with E-state index in [4.69, 9.17) is 5.73 Å². The van der Waals surface area contributed by atoms with Crippen molar-refractivity contribution in [3.8, 4) is 0 Å². The topological polar surface area (TPSA) is 70.4 Å². The van der Waals surface area contributed by atoms with Crippen LogP contribution in [0.3, 0.4) is 0 Å². The number of anilines is 2. The molecule has 4 N–H and O–H groups in total. The highest BCUT2D eigenvalue weighted by Crippen LogP contribution is 2.35. The van der Waals surface area contributed by atoms with Crippen LogP contribution < -0.4 is 16.6 Å². The SMILES string of the molecule is Cl.Nc1sc2c(c1C(=O)NNc1ccccc1)CCN(Cc1ccccc1)C2. The second kappa shape index (κ2) is 9.10. The molecule has 0 aliphatic carbocycles. The van der Waals surface area contributed by atoms with Gasteiger partial charge in [0.15, 0.2) is 0 Å². The molecule has 0 atom stereocenters. The number of nitrogens with zero attached hydrogens (tertiary/aromatic N) is 1. The summed E-state index contributed by atoms with van der Waals surface area (Å²) in [6, 6.07) is 20.0. The molecule has 146 valence electrons. The lowest BCUT2D eigenvalue weighted by atomic mass is 10.0. The van der Waals surface area contributed by atoms with Gasteiger partial charge in [-0.2, -0.15) is 0 Å². The summed E-state index contributed by atoms with van der Waals surface area (Å²) in [6.07, 6.45) is 0.837. The molecule has 2 aromatic carbocycles. The van der Waals surface area contributed by atoms with Gasteiger partial charge in [-0.25, -0.2) is 0 Å². The molecule has 1 aliphatic rings. The fraction of sp³-hybridized carbons (Fsp3) is 0.190. The Bertz CT molecular complexity index is 930. The third-order valence-electron chi connectivity index (χ3n) is 4.73. The lowest BCUT2D eigenvalue weighted by Gasteiger charge is -2.27. The number of amides is 1. The van der Waals surface area contributed by atoms with E-state index in [0.29, 0.717) is 10.6 Å². The van der Waals surface area contributed by atoms with Crippen molar-refractivity contribution >= 4 is 40.3 Å². The molecule has 2 heterocycles. The number of carbonyl (C=O) groups is 1. The number of thiophene rings is 1. The first-order valence-electron chi connectivity index (χ1n) is 8.98. The molecule has 7 heteroatoms.